The SMILES string of the molecule is CCC1=C(CC)C([SiH2]C)=[C-]C1.CCC1=C(CC)C([SiH2]C)=[C-]C1.[Ni+2]. The van der Waals surface area contributed by atoms with E-state index >= 15 is 0 Å². The minimum absolute atomic E-state index is 0. The Hall–Kier alpha value is -0.113. The van der Waals surface area contributed by atoms with Crippen molar-refractivity contribution in [3.05, 3.63) is 44.8 Å². The summed E-state index contributed by atoms with van der Waals surface area (Å²) in [4.78, 5) is 0. The zero-order valence-electron chi connectivity index (χ0n) is 16.0. The van der Waals surface area contributed by atoms with Gasteiger partial charge in [-0.2, -0.15) is 22.3 Å². The van der Waals surface area contributed by atoms with Crippen LogP contribution in [0.2, 0.25) is 13.1 Å². The molecular formula is C20H34NiSi2. The summed E-state index contributed by atoms with van der Waals surface area (Å²) in [6, 6.07) is 0. The van der Waals surface area contributed by atoms with Crippen molar-refractivity contribution >= 4 is 19.0 Å². The molecule has 0 aliphatic heterocycles. The van der Waals surface area contributed by atoms with Crippen molar-refractivity contribution in [1.29, 1.82) is 0 Å². The molecule has 0 radical (unpaired) electrons. The largest absolute Gasteiger partial charge is 2.00 e. The Labute approximate surface area is 159 Å². The number of rotatable bonds is 6. The first-order valence-electron chi connectivity index (χ1n) is 9.28. The van der Waals surface area contributed by atoms with Gasteiger partial charge in [0.25, 0.3) is 0 Å². The van der Waals surface area contributed by atoms with Crippen molar-refractivity contribution in [3.8, 4) is 0 Å². The van der Waals surface area contributed by atoms with Crippen LogP contribution in [-0.2, 0) is 16.5 Å². The van der Waals surface area contributed by atoms with Gasteiger partial charge in [0.05, 0.1) is 0 Å². The van der Waals surface area contributed by atoms with Crippen LogP contribution < -0.4 is 0 Å². The molecule has 132 valence electrons. The molecule has 0 amide bonds. The van der Waals surface area contributed by atoms with Crippen LogP contribution in [-0.4, -0.2) is 19.0 Å². The van der Waals surface area contributed by atoms with Crippen LogP contribution >= 0.6 is 0 Å². The van der Waals surface area contributed by atoms with Crippen molar-refractivity contribution in [2.75, 3.05) is 0 Å². The van der Waals surface area contributed by atoms with Gasteiger partial charge in [-0.05, 0) is 0 Å². The van der Waals surface area contributed by atoms with Gasteiger partial charge in [0.15, 0.2) is 0 Å². The zero-order chi connectivity index (χ0) is 16.5. The normalized spacial score (nSPS) is 17.8. The van der Waals surface area contributed by atoms with E-state index in [2.05, 4.69) is 52.9 Å². The summed E-state index contributed by atoms with van der Waals surface area (Å²) in [5, 5.41) is 3.23. The molecule has 2 aliphatic carbocycles. The molecule has 23 heavy (non-hydrogen) atoms. The van der Waals surface area contributed by atoms with Gasteiger partial charge in [0, 0.05) is 19.0 Å². The summed E-state index contributed by atoms with van der Waals surface area (Å²) in [5.74, 6) is 0. The van der Waals surface area contributed by atoms with E-state index in [9.17, 15) is 0 Å². The quantitative estimate of drug-likeness (QED) is 0.451. The number of allylic oxidation sites excluding steroid dienone is 8. The Morgan fingerprint density at radius 3 is 1.26 bits per heavy atom. The third-order valence-electron chi connectivity index (χ3n) is 4.88. The smallest absolute Gasteiger partial charge is 0.274 e. The van der Waals surface area contributed by atoms with Crippen LogP contribution in [0.1, 0.15) is 66.2 Å². The molecule has 3 heteroatoms. The van der Waals surface area contributed by atoms with E-state index in [1.165, 1.54) is 25.7 Å². The molecule has 0 atom stereocenters. The van der Waals surface area contributed by atoms with Crippen molar-refractivity contribution in [3.63, 3.8) is 0 Å². The Morgan fingerprint density at radius 1 is 0.696 bits per heavy atom. The minimum atomic E-state index is 0. The Balaban J connectivity index is 0.000000403. The first-order valence-corrected chi connectivity index (χ1v) is 13.5. The molecule has 0 saturated carbocycles. The predicted molar refractivity (Wildman–Crippen MR) is 107 cm³/mol. The second-order valence-corrected chi connectivity index (χ2v) is 8.78. The predicted octanol–water partition coefficient (Wildman–Crippen LogP) is 4.82. The van der Waals surface area contributed by atoms with E-state index in [1.54, 1.807) is 32.7 Å². The molecule has 2 aliphatic rings. The van der Waals surface area contributed by atoms with Crippen molar-refractivity contribution in [2.24, 2.45) is 0 Å². The topological polar surface area (TPSA) is 0 Å². The molecular weight excluding hydrogens is 355 g/mol. The standard InChI is InChI=1S/2C10H17Si.Ni/c2*1-4-8-6-7-10(11-3)9(8)5-2;/h2*4-6,11H2,1-3H3;/q2*-1;+2. The molecule has 0 unspecified atom stereocenters. The monoisotopic (exact) mass is 388 g/mol. The van der Waals surface area contributed by atoms with Crippen LogP contribution in [0, 0.1) is 12.2 Å². The Kier molecular flexibility index (Phi) is 12.2. The third kappa shape index (κ3) is 6.03. The zero-order valence-corrected chi connectivity index (χ0v) is 19.8. The first-order chi connectivity index (χ1) is 10.7. The molecule has 0 N–H and O–H groups in total. The van der Waals surface area contributed by atoms with Gasteiger partial charge in [0.2, 0.25) is 0 Å². The van der Waals surface area contributed by atoms with Crippen LogP contribution in [0.25, 0.3) is 0 Å². The summed E-state index contributed by atoms with van der Waals surface area (Å²) >= 11 is 0. The van der Waals surface area contributed by atoms with Gasteiger partial charge < -0.3 is 0 Å². The van der Waals surface area contributed by atoms with Gasteiger partial charge >= 0.3 is 16.5 Å². The average Bonchev–Trinajstić information content (AvgIpc) is 3.16. The van der Waals surface area contributed by atoms with Crippen molar-refractivity contribution in [2.45, 2.75) is 79.3 Å². The van der Waals surface area contributed by atoms with E-state index in [-0.39, 0.29) is 35.5 Å². The summed E-state index contributed by atoms with van der Waals surface area (Å²) < 4.78 is 0. The maximum absolute atomic E-state index is 3.51. The van der Waals surface area contributed by atoms with Gasteiger partial charge in [-0.3, -0.25) is 12.2 Å². The van der Waals surface area contributed by atoms with E-state index in [1.807, 2.05) is 0 Å². The molecule has 0 aromatic carbocycles. The molecule has 0 saturated heterocycles. The number of hydrogen-bond donors (Lipinski definition) is 0. The second-order valence-electron chi connectivity index (χ2n) is 5.95. The molecule has 0 aromatic rings. The summed E-state index contributed by atoms with van der Waals surface area (Å²) in [5.41, 5.74) is 6.61. The van der Waals surface area contributed by atoms with E-state index in [0.29, 0.717) is 0 Å². The molecule has 0 aromatic heterocycles. The molecule has 0 fully saturated rings. The molecule has 0 spiro atoms. The summed E-state index contributed by atoms with van der Waals surface area (Å²) in [7, 11) is 0.0771. The number of hydrogen-bond acceptors (Lipinski definition) is 0. The molecule has 0 bridgehead atoms. The van der Waals surface area contributed by atoms with Crippen LogP contribution in [0.3, 0.4) is 0 Å². The average molecular weight is 389 g/mol. The van der Waals surface area contributed by atoms with Crippen molar-refractivity contribution in [1.82, 2.24) is 0 Å². The van der Waals surface area contributed by atoms with E-state index in [0.717, 1.165) is 12.8 Å². The maximum Gasteiger partial charge on any atom is 2.00 e. The van der Waals surface area contributed by atoms with Gasteiger partial charge in [0.1, 0.15) is 0 Å². The van der Waals surface area contributed by atoms with Crippen LogP contribution in [0.5, 0.6) is 0 Å². The third-order valence-corrected chi connectivity index (χ3v) is 7.65. The molecule has 0 nitrogen and oxygen atoms in total. The Bertz CT molecular complexity index is 450. The fourth-order valence-corrected chi connectivity index (χ4v) is 6.16. The second kappa shape index (κ2) is 12.3. The van der Waals surface area contributed by atoms with Gasteiger partial charge in [-0.25, -0.2) is 10.4 Å². The fourth-order valence-electron chi connectivity index (χ4n) is 3.56. The summed E-state index contributed by atoms with van der Waals surface area (Å²) in [6.07, 6.45) is 14.2. The summed E-state index contributed by atoms with van der Waals surface area (Å²) in [6.45, 7) is 13.8. The van der Waals surface area contributed by atoms with E-state index < -0.39 is 0 Å². The van der Waals surface area contributed by atoms with Gasteiger partial charge in [-0.15, -0.1) is 12.8 Å². The minimum Gasteiger partial charge on any atom is -0.274 e. The maximum atomic E-state index is 3.51. The van der Waals surface area contributed by atoms with Crippen molar-refractivity contribution < 1.29 is 16.5 Å². The first kappa shape index (κ1) is 22.9. The molecule has 0 heterocycles. The Morgan fingerprint density at radius 2 is 1.04 bits per heavy atom. The van der Waals surface area contributed by atoms with Gasteiger partial charge in [-0.1, -0.05) is 66.5 Å². The van der Waals surface area contributed by atoms with Crippen LogP contribution in [0.4, 0.5) is 0 Å². The fraction of sp³-hybridized carbons (Fsp3) is 0.600. The van der Waals surface area contributed by atoms with Crippen LogP contribution in [0.15, 0.2) is 32.7 Å². The van der Waals surface area contributed by atoms with E-state index in [4.69, 9.17) is 0 Å². The molecule has 2 rings (SSSR count).